The molecule has 222 valence electrons. The minimum Gasteiger partial charge on any atom is -0.493 e. The molecular formula is C30H39N3O8. The number of hydrogen-bond donors (Lipinski definition) is 3. The third-order valence-corrected chi connectivity index (χ3v) is 7.03. The van der Waals surface area contributed by atoms with Gasteiger partial charge in [0.05, 0.1) is 46.6 Å². The highest BCUT2D eigenvalue weighted by atomic mass is 16.5. The van der Waals surface area contributed by atoms with E-state index in [1.165, 1.54) is 34.3 Å². The first-order chi connectivity index (χ1) is 19.6. The summed E-state index contributed by atoms with van der Waals surface area (Å²) in [6.45, 7) is 5.25. The third kappa shape index (κ3) is 7.08. The Morgan fingerprint density at radius 2 is 1.71 bits per heavy atom. The lowest BCUT2D eigenvalue weighted by Gasteiger charge is -2.22. The van der Waals surface area contributed by atoms with Gasteiger partial charge in [-0.1, -0.05) is 19.9 Å². The normalized spacial score (nSPS) is 14.5. The number of carbonyl (C=O) groups excluding carboxylic acids is 3. The Balaban J connectivity index is 2.15. The molecule has 2 aromatic rings. The fourth-order valence-corrected chi connectivity index (χ4v) is 5.03. The molecule has 11 nitrogen and oxygen atoms in total. The lowest BCUT2D eigenvalue weighted by atomic mass is 9.95. The molecule has 0 aromatic heterocycles. The van der Waals surface area contributed by atoms with Crippen LogP contribution in [0.2, 0.25) is 0 Å². The van der Waals surface area contributed by atoms with Crippen molar-refractivity contribution in [2.24, 2.45) is 5.92 Å². The number of rotatable bonds is 11. The molecule has 1 aliphatic rings. The summed E-state index contributed by atoms with van der Waals surface area (Å²) in [5.74, 6) is 0.175. The van der Waals surface area contributed by atoms with Gasteiger partial charge in [0.15, 0.2) is 11.5 Å². The van der Waals surface area contributed by atoms with E-state index in [4.69, 9.17) is 14.2 Å². The van der Waals surface area contributed by atoms with Crippen LogP contribution in [0.5, 0.6) is 17.2 Å². The van der Waals surface area contributed by atoms with Crippen molar-refractivity contribution < 1.29 is 33.3 Å². The summed E-state index contributed by atoms with van der Waals surface area (Å²) in [6.07, 6.45) is 1.14. The van der Waals surface area contributed by atoms with Crippen molar-refractivity contribution in [1.29, 1.82) is 0 Å². The summed E-state index contributed by atoms with van der Waals surface area (Å²) in [6, 6.07) is 5.60. The van der Waals surface area contributed by atoms with Gasteiger partial charge in [0.2, 0.25) is 23.0 Å². The molecule has 0 spiro atoms. The zero-order chi connectivity index (χ0) is 30.3. The van der Waals surface area contributed by atoms with Gasteiger partial charge in [-0.3, -0.25) is 19.2 Å². The number of amides is 2. The standard InChI is InChI=1S/C30H39N3O8/c1-16(2)27(30(37)31-13-12-25(36)39-5)33-22-11-9-19-20(15-23(22)35)21(32-17(3)34)10-8-18-14-24(38-4)28(40-6)29(41-7)26(18)19/h9,11,14-16,21,27H,8,10,12-13H2,1-7H3,(H,31,37)(H,32,34)(H,33,35)/t21-,27-/m0/s1. The summed E-state index contributed by atoms with van der Waals surface area (Å²) >= 11 is 0. The SMILES string of the molecule is COC(=O)CCNC(=O)[C@@H](Nc1ccc2c(cc1=O)[C@@H](NC(C)=O)CCc1cc(OC)c(OC)c(OC)c1-2)C(C)C. The topological polar surface area (TPSA) is 141 Å². The molecule has 2 aromatic carbocycles. The number of ether oxygens (including phenoxy) is 4. The van der Waals surface area contributed by atoms with Crippen LogP contribution in [0.15, 0.2) is 29.1 Å². The van der Waals surface area contributed by atoms with Crippen LogP contribution < -0.4 is 35.6 Å². The molecule has 1 aliphatic carbocycles. The van der Waals surface area contributed by atoms with Crippen LogP contribution in [0.1, 0.15) is 50.8 Å². The van der Waals surface area contributed by atoms with Gasteiger partial charge in [0.25, 0.3) is 0 Å². The smallest absolute Gasteiger partial charge is 0.307 e. The van der Waals surface area contributed by atoms with E-state index in [0.29, 0.717) is 41.2 Å². The zero-order valence-corrected chi connectivity index (χ0v) is 24.6. The first-order valence-corrected chi connectivity index (χ1v) is 13.4. The van der Waals surface area contributed by atoms with E-state index < -0.39 is 18.1 Å². The molecule has 0 unspecified atom stereocenters. The Hall–Kier alpha value is -4.28. The van der Waals surface area contributed by atoms with Gasteiger partial charge in [-0.25, -0.2) is 0 Å². The molecule has 41 heavy (non-hydrogen) atoms. The number of nitrogens with one attached hydrogen (secondary N) is 3. The molecule has 3 rings (SSSR count). The fourth-order valence-electron chi connectivity index (χ4n) is 5.03. The summed E-state index contributed by atoms with van der Waals surface area (Å²) in [4.78, 5) is 50.2. The lowest BCUT2D eigenvalue weighted by molar-refractivity contribution is -0.140. The van der Waals surface area contributed by atoms with E-state index in [1.54, 1.807) is 19.2 Å². The van der Waals surface area contributed by atoms with Crippen LogP contribution in [-0.4, -0.2) is 58.8 Å². The monoisotopic (exact) mass is 569 g/mol. The Bertz CT molecular complexity index is 1360. The molecule has 0 saturated carbocycles. The van der Waals surface area contributed by atoms with Crippen molar-refractivity contribution in [1.82, 2.24) is 10.6 Å². The van der Waals surface area contributed by atoms with Crippen LogP contribution >= 0.6 is 0 Å². The van der Waals surface area contributed by atoms with Gasteiger partial charge < -0.3 is 34.9 Å². The average Bonchev–Trinajstić information content (AvgIpc) is 3.18. The average molecular weight is 570 g/mol. The number of carbonyl (C=O) groups is 3. The van der Waals surface area contributed by atoms with Crippen molar-refractivity contribution in [2.45, 2.75) is 52.1 Å². The van der Waals surface area contributed by atoms with Crippen LogP contribution in [0.4, 0.5) is 5.69 Å². The van der Waals surface area contributed by atoms with Gasteiger partial charge >= 0.3 is 5.97 Å². The molecule has 11 heteroatoms. The van der Waals surface area contributed by atoms with Crippen LogP contribution in [0, 0.1) is 5.92 Å². The second kappa shape index (κ2) is 13.9. The molecule has 0 fully saturated rings. The van der Waals surface area contributed by atoms with E-state index in [2.05, 4.69) is 20.7 Å². The number of anilines is 1. The highest BCUT2D eigenvalue weighted by molar-refractivity contribution is 5.86. The van der Waals surface area contributed by atoms with E-state index in [1.807, 2.05) is 19.9 Å². The number of esters is 1. The Labute approximate surface area is 239 Å². The third-order valence-electron chi connectivity index (χ3n) is 7.03. The van der Waals surface area contributed by atoms with Gasteiger partial charge in [-0.05, 0) is 53.6 Å². The fraction of sp³-hybridized carbons (Fsp3) is 0.467. The molecule has 2 atom stereocenters. The Morgan fingerprint density at radius 3 is 2.29 bits per heavy atom. The predicted octanol–water partition coefficient (Wildman–Crippen LogP) is 2.98. The van der Waals surface area contributed by atoms with Crippen molar-refractivity contribution in [3.05, 3.63) is 45.6 Å². The number of fused-ring (bicyclic) bond motifs is 3. The van der Waals surface area contributed by atoms with Crippen molar-refractivity contribution >= 4 is 23.5 Å². The number of methoxy groups -OCH3 is 4. The molecule has 0 bridgehead atoms. The zero-order valence-electron chi connectivity index (χ0n) is 24.6. The minimum absolute atomic E-state index is 0.0346. The van der Waals surface area contributed by atoms with E-state index >= 15 is 0 Å². The van der Waals surface area contributed by atoms with Crippen LogP contribution in [0.3, 0.4) is 0 Å². The van der Waals surface area contributed by atoms with Gasteiger partial charge in [0, 0.05) is 19.0 Å². The second-order valence-corrected chi connectivity index (χ2v) is 10.1. The highest BCUT2D eigenvalue weighted by Crippen LogP contribution is 2.50. The number of hydrogen-bond acceptors (Lipinski definition) is 9. The largest absolute Gasteiger partial charge is 0.493 e. The van der Waals surface area contributed by atoms with Gasteiger partial charge in [0.1, 0.15) is 6.04 Å². The molecule has 0 saturated heterocycles. The molecule has 0 radical (unpaired) electrons. The van der Waals surface area contributed by atoms with Crippen LogP contribution in [0.25, 0.3) is 11.1 Å². The minimum atomic E-state index is -0.750. The maximum atomic E-state index is 13.6. The van der Waals surface area contributed by atoms with Crippen molar-refractivity contribution in [3.63, 3.8) is 0 Å². The van der Waals surface area contributed by atoms with Gasteiger partial charge in [-0.2, -0.15) is 0 Å². The first kappa shape index (κ1) is 31.3. The Morgan fingerprint density at radius 1 is 1.00 bits per heavy atom. The second-order valence-electron chi connectivity index (χ2n) is 10.1. The Kier molecular flexibility index (Phi) is 10.6. The highest BCUT2D eigenvalue weighted by Gasteiger charge is 2.30. The lowest BCUT2D eigenvalue weighted by Crippen LogP contribution is -2.44. The molecule has 3 N–H and O–H groups in total. The van der Waals surface area contributed by atoms with E-state index in [0.717, 1.165) is 11.1 Å². The maximum Gasteiger partial charge on any atom is 0.307 e. The number of aryl methyl sites for hydroxylation is 1. The molecule has 0 heterocycles. The maximum absolute atomic E-state index is 13.6. The summed E-state index contributed by atoms with van der Waals surface area (Å²) < 4.78 is 21.6. The predicted molar refractivity (Wildman–Crippen MR) is 155 cm³/mol. The first-order valence-electron chi connectivity index (χ1n) is 13.4. The summed E-state index contributed by atoms with van der Waals surface area (Å²) in [5, 5.41) is 8.81. The molecule has 0 aliphatic heterocycles. The molecule has 2 amide bonds. The quantitative estimate of drug-likeness (QED) is 0.348. The van der Waals surface area contributed by atoms with Crippen LogP contribution in [-0.2, 0) is 25.5 Å². The summed E-state index contributed by atoms with van der Waals surface area (Å²) in [5.41, 5.74) is 2.80. The molecular weight excluding hydrogens is 530 g/mol. The van der Waals surface area contributed by atoms with E-state index in [-0.39, 0.29) is 41.8 Å². The number of benzene rings is 1. The summed E-state index contributed by atoms with van der Waals surface area (Å²) in [7, 11) is 5.89. The van der Waals surface area contributed by atoms with E-state index in [9.17, 15) is 19.2 Å². The van der Waals surface area contributed by atoms with Crippen molar-refractivity contribution in [2.75, 3.05) is 40.3 Å². The van der Waals surface area contributed by atoms with Crippen molar-refractivity contribution in [3.8, 4) is 28.4 Å². The van der Waals surface area contributed by atoms with Gasteiger partial charge in [-0.15, -0.1) is 0 Å².